The van der Waals surface area contributed by atoms with Crippen LogP contribution in [-0.2, 0) is 22.9 Å². The first-order valence-corrected chi connectivity index (χ1v) is 7.25. The van der Waals surface area contributed by atoms with Gasteiger partial charge in [0.15, 0.2) is 0 Å². The van der Waals surface area contributed by atoms with Crippen molar-refractivity contribution in [3.63, 3.8) is 0 Å². The lowest BCUT2D eigenvalue weighted by Crippen LogP contribution is -2.32. The van der Waals surface area contributed by atoms with Gasteiger partial charge in [0.25, 0.3) is 0 Å². The van der Waals surface area contributed by atoms with Crippen molar-refractivity contribution in [2.45, 2.75) is 25.4 Å². The second-order valence-corrected chi connectivity index (χ2v) is 5.54. The van der Waals surface area contributed by atoms with Crippen LogP contribution in [0.5, 0.6) is 0 Å². The molecule has 5 nitrogen and oxygen atoms in total. The quantitative estimate of drug-likeness (QED) is 0.884. The van der Waals surface area contributed by atoms with Crippen molar-refractivity contribution in [1.82, 2.24) is 15.1 Å². The van der Waals surface area contributed by atoms with Crippen LogP contribution >= 0.6 is 0 Å². The van der Waals surface area contributed by atoms with Gasteiger partial charge < -0.3 is 14.8 Å². The van der Waals surface area contributed by atoms with Crippen LogP contribution in [0.25, 0.3) is 0 Å². The molecule has 0 amide bonds. The van der Waals surface area contributed by atoms with E-state index in [1.54, 1.807) is 0 Å². The number of nitrogens with zero attached hydrogens (tertiary/aromatic N) is 2. The molecule has 0 unspecified atom stereocenters. The first-order valence-electron chi connectivity index (χ1n) is 7.25. The summed E-state index contributed by atoms with van der Waals surface area (Å²) in [6.45, 7) is 4.56. The zero-order valence-electron chi connectivity index (χ0n) is 11.6. The highest BCUT2D eigenvalue weighted by atomic mass is 16.5. The van der Waals surface area contributed by atoms with Crippen LogP contribution < -0.4 is 5.32 Å². The minimum Gasteiger partial charge on any atom is -0.381 e. The first-order chi connectivity index (χ1) is 9.33. The molecule has 1 saturated heterocycles. The summed E-state index contributed by atoms with van der Waals surface area (Å²) in [6, 6.07) is 0. The molecule has 2 aliphatic rings. The van der Waals surface area contributed by atoms with Crippen LogP contribution in [0, 0.1) is 5.92 Å². The summed E-state index contributed by atoms with van der Waals surface area (Å²) < 4.78 is 13.1. The number of ether oxygens (including phenoxy) is 2. The Morgan fingerprint density at radius 1 is 1.32 bits per heavy atom. The lowest BCUT2D eigenvalue weighted by molar-refractivity contribution is 0.0353. The molecule has 2 aliphatic heterocycles. The SMILES string of the molecule is Cn1cc2c(n1)[C@H](CNCC1CCOCC1)OCC2. The summed E-state index contributed by atoms with van der Waals surface area (Å²) in [4.78, 5) is 0. The van der Waals surface area contributed by atoms with E-state index in [9.17, 15) is 0 Å². The Morgan fingerprint density at radius 2 is 2.16 bits per heavy atom. The maximum Gasteiger partial charge on any atom is 0.114 e. The fourth-order valence-corrected chi connectivity index (χ4v) is 2.93. The number of aromatic nitrogens is 2. The minimum absolute atomic E-state index is 0.116. The smallest absolute Gasteiger partial charge is 0.114 e. The zero-order valence-corrected chi connectivity index (χ0v) is 11.6. The molecule has 3 heterocycles. The van der Waals surface area contributed by atoms with Crippen molar-refractivity contribution in [3.05, 3.63) is 17.5 Å². The largest absolute Gasteiger partial charge is 0.381 e. The molecular formula is C14H23N3O2. The maximum absolute atomic E-state index is 5.84. The predicted octanol–water partition coefficient (Wildman–Crippen LogP) is 1.05. The van der Waals surface area contributed by atoms with Gasteiger partial charge in [0.05, 0.1) is 12.3 Å². The molecule has 106 valence electrons. The highest BCUT2D eigenvalue weighted by molar-refractivity contribution is 5.22. The fourth-order valence-electron chi connectivity index (χ4n) is 2.93. The normalized spacial score (nSPS) is 24.4. The summed E-state index contributed by atoms with van der Waals surface area (Å²) >= 11 is 0. The van der Waals surface area contributed by atoms with Gasteiger partial charge in [-0.05, 0) is 37.3 Å². The Labute approximate surface area is 114 Å². The Kier molecular flexibility index (Phi) is 4.15. The average Bonchev–Trinajstić information content (AvgIpc) is 2.81. The second kappa shape index (κ2) is 6.03. The number of hydrogen-bond donors (Lipinski definition) is 1. The van der Waals surface area contributed by atoms with Crippen LogP contribution in [0.2, 0.25) is 0 Å². The van der Waals surface area contributed by atoms with E-state index in [4.69, 9.17) is 9.47 Å². The van der Waals surface area contributed by atoms with Crippen molar-refractivity contribution in [3.8, 4) is 0 Å². The maximum atomic E-state index is 5.84. The van der Waals surface area contributed by atoms with E-state index in [2.05, 4.69) is 16.6 Å². The number of aryl methyl sites for hydroxylation is 1. The standard InChI is InChI=1S/C14H23N3O2/c1-17-10-12-4-7-19-13(14(12)16-17)9-15-8-11-2-5-18-6-3-11/h10-11,13,15H,2-9H2,1H3/t13-/m0/s1. The summed E-state index contributed by atoms with van der Waals surface area (Å²) in [5, 5.41) is 8.07. The van der Waals surface area contributed by atoms with Crippen molar-refractivity contribution in [2.24, 2.45) is 13.0 Å². The van der Waals surface area contributed by atoms with Crippen LogP contribution in [0.1, 0.15) is 30.2 Å². The zero-order chi connectivity index (χ0) is 13.1. The van der Waals surface area contributed by atoms with E-state index in [-0.39, 0.29) is 6.10 Å². The van der Waals surface area contributed by atoms with Crippen molar-refractivity contribution in [1.29, 1.82) is 0 Å². The Bertz CT molecular complexity index is 413. The Balaban J connectivity index is 1.50. The van der Waals surface area contributed by atoms with E-state index in [1.807, 2.05) is 11.7 Å². The van der Waals surface area contributed by atoms with Crippen LogP contribution in [0.4, 0.5) is 0 Å². The number of nitrogens with one attached hydrogen (secondary N) is 1. The van der Waals surface area contributed by atoms with Gasteiger partial charge in [0, 0.05) is 33.0 Å². The summed E-state index contributed by atoms with van der Waals surface area (Å²) in [7, 11) is 1.98. The third-order valence-corrected chi connectivity index (χ3v) is 4.04. The number of rotatable bonds is 4. The molecule has 0 saturated carbocycles. The highest BCUT2D eigenvalue weighted by Gasteiger charge is 2.24. The highest BCUT2D eigenvalue weighted by Crippen LogP contribution is 2.25. The van der Waals surface area contributed by atoms with Gasteiger partial charge in [-0.1, -0.05) is 0 Å². The lowest BCUT2D eigenvalue weighted by Gasteiger charge is -2.25. The fraction of sp³-hybridized carbons (Fsp3) is 0.786. The molecule has 0 bridgehead atoms. The van der Waals surface area contributed by atoms with Gasteiger partial charge in [-0.2, -0.15) is 5.10 Å². The lowest BCUT2D eigenvalue weighted by atomic mass is 10.00. The minimum atomic E-state index is 0.116. The molecule has 0 aromatic carbocycles. The Hall–Kier alpha value is -0.910. The van der Waals surface area contributed by atoms with Gasteiger partial charge >= 0.3 is 0 Å². The van der Waals surface area contributed by atoms with E-state index < -0.39 is 0 Å². The van der Waals surface area contributed by atoms with Gasteiger partial charge in [-0.15, -0.1) is 0 Å². The molecule has 1 aromatic heterocycles. The molecule has 19 heavy (non-hydrogen) atoms. The molecule has 0 aliphatic carbocycles. The van der Waals surface area contributed by atoms with Crippen LogP contribution in [-0.4, -0.2) is 42.7 Å². The third kappa shape index (κ3) is 3.16. The van der Waals surface area contributed by atoms with E-state index >= 15 is 0 Å². The van der Waals surface area contributed by atoms with Gasteiger partial charge in [-0.25, -0.2) is 0 Å². The van der Waals surface area contributed by atoms with Crippen LogP contribution in [0.3, 0.4) is 0 Å². The molecule has 1 N–H and O–H groups in total. The first kappa shape index (κ1) is 13.1. The molecular weight excluding hydrogens is 242 g/mol. The topological polar surface area (TPSA) is 48.3 Å². The molecule has 1 atom stereocenters. The van der Waals surface area contributed by atoms with Gasteiger partial charge in [0.1, 0.15) is 6.10 Å². The van der Waals surface area contributed by atoms with E-state index in [0.29, 0.717) is 0 Å². The molecule has 5 heteroatoms. The molecule has 1 fully saturated rings. The van der Waals surface area contributed by atoms with E-state index in [1.165, 1.54) is 18.4 Å². The monoisotopic (exact) mass is 265 g/mol. The molecule has 3 rings (SSSR count). The summed E-state index contributed by atoms with van der Waals surface area (Å²) in [5.74, 6) is 0.751. The Morgan fingerprint density at radius 3 is 3.00 bits per heavy atom. The van der Waals surface area contributed by atoms with Crippen molar-refractivity contribution >= 4 is 0 Å². The van der Waals surface area contributed by atoms with Crippen molar-refractivity contribution in [2.75, 3.05) is 32.9 Å². The second-order valence-electron chi connectivity index (χ2n) is 5.54. The summed E-state index contributed by atoms with van der Waals surface area (Å²) in [6.07, 6.45) is 5.56. The number of fused-ring (bicyclic) bond motifs is 1. The molecule has 0 spiro atoms. The molecule has 1 aromatic rings. The van der Waals surface area contributed by atoms with Gasteiger partial charge in [-0.3, -0.25) is 4.68 Å². The van der Waals surface area contributed by atoms with Crippen LogP contribution in [0.15, 0.2) is 6.20 Å². The summed E-state index contributed by atoms with van der Waals surface area (Å²) in [5.41, 5.74) is 2.46. The van der Waals surface area contributed by atoms with Gasteiger partial charge in [0.2, 0.25) is 0 Å². The van der Waals surface area contributed by atoms with Crippen molar-refractivity contribution < 1.29 is 9.47 Å². The number of hydrogen-bond acceptors (Lipinski definition) is 4. The van der Waals surface area contributed by atoms with E-state index in [0.717, 1.165) is 50.9 Å². The predicted molar refractivity (Wildman–Crippen MR) is 72.0 cm³/mol. The average molecular weight is 265 g/mol. The third-order valence-electron chi connectivity index (χ3n) is 4.04. The molecule has 0 radical (unpaired) electrons.